The number of aliphatic carboxylic acids is 1. The number of hydrazine groups is 1. The van der Waals surface area contributed by atoms with Crippen molar-refractivity contribution >= 4 is 34.3 Å². The largest absolute Gasteiger partial charge is 0.481 e. The van der Waals surface area contributed by atoms with Crippen LogP contribution in [-0.2, 0) is 25.8 Å². The van der Waals surface area contributed by atoms with E-state index in [0.29, 0.717) is 30.5 Å². The third-order valence-electron chi connectivity index (χ3n) is 8.83. The highest BCUT2D eigenvalue weighted by atomic mass is 35.5. The fraction of sp³-hybridized carbons (Fsp3) is 0.562. The highest BCUT2D eigenvalue weighted by Crippen LogP contribution is 2.37. The molecule has 0 bridgehead atoms. The first-order valence-corrected chi connectivity index (χ1v) is 16.8. The quantitative estimate of drug-likeness (QED) is 0.180. The van der Waals surface area contributed by atoms with Crippen LogP contribution in [0.4, 0.5) is 13.2 Å². The zero-order valence-corrected chi connectivity index (χ0v) is 28.0. The molecule has 0 spiro atoms. The molecule has 1 aliphatic carbocycles. The normalized spacial score (nSPS) is 17.8. The Balaban J connectivity index is 0.00000736. The standard InChI is InChI=1S/C32H45F3N4O5S.ClH/c1-20(2)29(36)30(37)26(21(3)18-28(40)41)19-27(22-10-6-4-7-11-22)39(31(42)23-12-8-5-9-13-23)38-45(43,44)25-16-14-24(15-17-25)32(33,34)35;/h4,6-7,10-11,14-17,20-21,23,26-27,29-30,38H,5,8-9,12-13,18-19,36-37H2,1-3H3,(H,40,41);1H/t21?,26?,27-,29-,30?;/m0./s1. The molecule has 0 aliphatic heterocycles. The maximum atomic E-state index is 14.2. The van der Waals surface area contributed by atoms with Crippen molar-refractivity contribution in [1.82, 2.24) is 9.84 Å². The Morgan fingerprint density at radius 2 is 1.52 bits per heavy atom. The van der Waals surface area contributed by atoms with Gasteiger partial charge in [0.25, 0.3) is 10.0 Å². The molecular formula is C32H46ClF3N4O5S. The van der Waals surface area contributed by atoms with Crippen molar-refractivity contribution < 1.29 is 36.3 Å². The van der Waals surface area contributed by atoms with E-state index in [2.05, 4.69) is 4.83 Å². The maximum absolute atomic E-state index is 14.2. The molecule has 0 aromatic heterocycles. The topological polar surface area (TPSA) is 156 Å². The minimum atomic E-state index is -4.66. The van der Waals surface area contributed by atoms with Crippen LogP contribution in [0.2, 0.25) is 0 Å². The lowest BCUT2D eigenvalue weighted by atomic mass is 9.75. The third-order valence-corrected chi connectivity index (χ3v) is 10.2. The van der Waals surface area contributed by atoms with Gasteiger partial charge in [0.1, 0.15) is 0 Å². The maximum Gasteiger partial charge on any atom is 0.416 e. The molecule has 14 heteroatoms. The molecule has 0 saturated heterocycles. The molecule has 5 atom stereocenters. The minimum absolute atomic E-state index is 0. The van der Waals surface area contributed by atoms with Crippen LogP contribution in [0.3, 0.4) is 0 Å². The van der Waals surface area contributed by atoms with Crippen molar-refractivity contribution in [3.8, 4) is 0 Å². The Kier molecular flexibility index (Phi) is 14.5. The number of nitrogens with zero attached hydrogens (tertiary/aromatic N) is 1. The van der Waals surface area contributed by atoms with Gasteiger partial charge in [0.2, 0.25) is 5.91 Å². The molecule has 9 nitrogen and oxygen atoms in total. The number of hydrogen-bond donors (Lipinski definition) is 4. The summed E-state index contributed by atoms with van der Waals surface area (Å²) in [6.45, 7) is 5.54. The van der Waals surface area contributed by atoms with E-state index < -0.39 is 74.4 Å². The van der Waals surface area contributed by atoms with E-state index in [1.165, 1.54) is 0 Å². The number of benzene rings is 2. The molecule has 258 valence electrons. The number of rotatable bonds is 14. The SMILES string of the molecule is CC(CC(=O)O)C(C[C@@H](c1ccccc1)N(NS(=O)(=O)c1ccc(C(F)(F)F)cc1)C(=O)C1CCCCC1)C(N)[C@@H](N)C(C)C.Cl. The molecule has 1 aliphatic rings. The van der Waals surface area contributed by atoms with E-state index >= 15 is 0 Å². The van der Waals surface area contributed by atoms with Gasteiger partial charge in [-0.25, -0.2) is 8.42 Å². The van der Waals surface area contributed by atoms with Gasteiger partial charge in [0, 0.05) is 24.4 Å². The second-order valence-corrected chi connectivity index (χ2v) is 14.1. The van der Waals surface area contributed by atoms with E-state index in [0.717, 1.165) is 36.4 Å². The van der Waals surface area contributed by atoms with Gasteiger partial charge in [-0.2, -0.15) is 13.2 Å². The van der Waals surface area contributed by atoms with Crippen LogP contribution in [0.25, 0.3) is 0 Å². The molecule has 0 heterocycles. The van der Waals surface area contributed by atoms with Gasteiger partial charge in [-0.3, -0.25) is 14.6 Å². The number of nitrogens with one attached hydrogen (secondary N) is 1. The van der Waals surface area contributed by atoms with Crippen molar-refractivity contribution in [2.45, 2.75) is 94.9 Å². The molecular weight excluding hydrogens is 645 g/mol. The molecule has 46 heavy (non-hydrogen) atoms. The van der Waals surface area contributed by atoms with Crippen molar-refractivity contribution in [3.05, 3.63) is 65.7 Å². The summed E-state index contributed by atoms with van der Waals surface area (Å²) in [7, 11) is -4.55. The molecule has 3 unspecified atom stereocenters. The molecule has 6 N–H and O–H groups in total. The Labute approximate surface area is 275 Å². The number of halogens is 4. The number of carbonyl (C=O) groups excluding carboxylic acids is 1. The summed E-state index contributed by atoms with van der Waals surface area (Å²) < 4.78 is 67.0. The van der Waals surface area contributed by atoms with Crippen LogP contribution < -0.4 is 16.3 Å². The van der Waals surface area contributed by atoms with Gasteiger partial charge >= 0.3 is 12.1 Å². The lowest BCUT2D eigenvalue weighted by Gasteiger charge is -2.41. The first-order chi connectivity index (χ1) is 21.0. The second-order valence-electron chi connectivity index (χ2n) is 12.5. The fourth-order valence-electron chi connectivity index (χ4n) is 6.06. The summed E-state index contributed by atoms with van der Waals surface area (Å²) >= 11 is 0. The summed E-state index contributed by atoms with van der Waals surface area (Å²) in [5.41, 5.74) is 12.7. The number of hydrogen-bond acceptors (Lipinski definition) is 6. The summed E-state index contributed by atoms with van der Waals surface area (Å²) in [6.07, 6.45) is -1.18. The van der Waals surface area contributed by atoms with Gasteiger partial charge in [0.15, 0.2) is 0 Å². The van der Waals surface area contributed by atoms with Crippen molar-refractivity contribution in [1.29, 1.82) is 0 Å². The summed E-state index contributed by atoms with van der Waals surface area (Å²) in [5.74, 6) is -3.08. The van der Waals surface area contributed by atoms with Crippen LogP contribution in [0.1, 0.15) is 82.9 Å². The number of alkyl halides is 3. The summed E-state index contributed by atoms with van der Waals surface area (Å²) in [4.78, 5) is 28.0. The molecule has 3 rings (SSSR count). The molecule has 1 fully saturated rings. The van der Waals surface area contributed by atoms with Crippen LogP contribution in [-0.4, -0.2) is 42.5 Å². The van der Waals surface area contributed by atoms with Gasteiger partial charge in [-0.15, -0.1) is 17.2 Å². The fourth-order valence-corrected chi connectivity index (χ4v) is 7.14. The highest BCUT2D eigenvalue weighted by Gasteiger charge is 2.40. The number of nitrogens with two attached hydrogens (primary N) is 2. The average Bonchev–Trinajstić information content (AvgIpc) is 2.99. The number of carbonyl (C=O) groups is 2. The predicted octanol–water partition coefficient (Wildman–Crippen LogP) is 5.90. The van der Waals surface area contributed by atoms with Crippen molar-refractivity contribution in [2.24, 2.45) is 35.1 Å². The number of sulfonamides is 1. The van der Waals surface area contributed by atoms with Gasteiger partial charge < -0.3 is 16.6 Å². The zero-order valence-electron chi connectivity index (χ0n) is 26.3. The molecule has 2 aromatic carbocycles. The Morgan fingerprint density at radius 1 is 0.957 bits per heavy atom. The van der Waals surface area contributed by atoms with Crippen LogP contribution in [0.15, 0.2) is 59.5 Å². The molecule has 1 saturated carbocycles. The van der Waals surface area contributed by atoms with Crippen LogP contribution >= 0.6 is 12.4 Å². The van der Waals surface area contributed by atoms with Crippen LogP contribution in [0, 0.1) is 23.7 Å². The number of amides is 1. The van der Waals surface area contributed by atoms with E-state index in [9.17, 15) is 36.3 Å². The summed E-state index contributed by atoms with van der Waals surface area (Å²) in [5, 5.41) is 10.7. The van der Waals surface area contributed by atoms with E-state index in [1.807, 2.05) is 13.8 Å². The zero-order chi connectivity index (χ0) is 33.5. The van der Waals surface area contributed by atoms with Crippen molar-refractivity contribution in [3.63, 3.8) is 0 Å². The Hall–Kier alpha value is -2.71. The highest BCUT2D eigenvalue weighted by molar-refractivity contribution is 7.89. The smallest absolute Gasteiger partial charge is 0.416 e. The van der Waals surface area contributed by atoms with Gasteiger partial charge in [-0.05, 0) is 66.8 Å². The van der Waals surface area contributed by atoms with Crippen LogP contribution in [0.5, 0.6) is 0 Å². The Morgan fingerprint density at radius 3 is 2.02 bits per heavy atom. The van der Waals surface area contributed by atoms with Gasteiger partial charge in [0.05, 0.1) is 16.5 Å². The average molecular weight is 691 g/mol. The van der Waals surface area contributed by atoms with Gasteiger partial charge in [-0.1, -0.05) is 70.4 Å². The Bertz CT molecular complexity index is 1370. The number of carboxylic acid groups (broad SMARTS) is 1. The monoisotopic (exact) mass is 690 g/mol. The molecule has 0 radical (unpaired) electrons. The van der Waals surface area contributed by atoms with Crippen molar-refractivity contribution in [2.75, 3.05) is 0 Å². The predicted molar refractivity (Wildman–Crippen MR) is 172 cm³/mol. The first-order valence-electron chi connectivity index (χ1n) is 15.3. The first kappa shape index (κ1) is 39.5. The molecule has 1 amide bonds. The minimum Gasteiger partial charge on any atom is -0.481 e. The third kappa shape index (κ3) is 10.4. The summed E-state index contributed by atoms with van der Waals surface area (Å²) in [6, 6.07) is 9.63. The lowest BCUT2D eigenvalue weighted by Crippen LogP contribution is -2.54. The number of carboxylic acids is 1. The molecule has 2 aromatic rings. The lowest BCUT2D eigenvalue weighted by molar-refractivity contribution is -0.143. The second kappa shape index (κ2) is 16.9. The van der Waals surface area contributed by atoms with E-state index in [4.69, 9.17) is 11.5 Å². The van der Waals surface area contributed by atoms with E-state index in [1.54, 1.807) is 37.3 Å². The van der Waals surface area contributed by atoms with E-state index in [-0.39, 0.29) is 31.2 Å².